The van der Waals surface area contributed by atoms with Crippen molar-refractivity contribution in [3.05, 3.63) is 76.1 Å². The third-order valence-electron chi connectivity index (χ3n) is 3.97. The van der Waals surface area contributed by atoms with Crippen LogP contribution in [0.25, 0.3) is 10.9 Å². The molecule has 0 bridgehead atoms. The van der Waals surface area contributed by atoms with E-state index in [1.807, 2.05) is 30.3 Å². The summed E-state index contributed by atoms with van der Waals surface area (Å²) in [5, 5.41) is 3.27. The molecule has 0 saturated carbocycles. The number of hydrogen-bond donors (Lipinski definition) is 2. The van der Waals surface area contributed by atoms with Gasteiger partial charge in [0.05, 0.1) is 6.61 Å². The number of H-pyrrole nitrogens is 1. The number of ether oxygens (including phenoxy) is 2. The Morgan fingerprint density at radius 2 is 1.85 bits per heavy atom. The summed E-state index contributed by atoms with van der Waals surface area (Å²) in [4.78, 5) is 27.8. The minimum absolute atomic E-state index is 0.100. The highest BCUT2D eigenvalue weighted by Crippen LogP contribution is 2.12. The van der Waals surface area contributed by atoms with Gasteiger partial charge in [0.2, 0.25) is 5.43 Å². The second-order valence-corrected chi connectivity index (χ2v) is 5.74. The number of methoxy groups -OCH3 is 1. The second-order valence-electron chi connectivity index (χ2n) is 5.74. The lowest BCUT2D eigenvalue weighted by atomic mass is 10.1. The Balaban J connectivity index is 1.64. The van der Waals surface area contributed by atoms with Crippen molar-refractivity contribution in [2.24, 2.45) is 0 Å². The Kier molecular flexibility index (Phi) is 5.66. The van der Waals surface area contributed by atoms with Crippen LogP contribution in [0, 0.1) is 0 Å². The molecule has 0 atom stereocenters. The molecule has 0 fully saturated rings. The van der Waals surface area contributed by atoms with Gasteiger partial charge in [-0.25, -0.2) is 0 Å². The highest BCUT2D eigenvalue weighted by Gasteiger charge is 2.12. The smallest absolute Gasteiger partial charge is 0.257 e. The van der Waals surface area contributed by atoms with Crippen LogP contribution in [0.3, 0.4) is 0 Å². The van der Waals surface area contributed by atoms with E-state index in [-0.39, 0.29) is 11.0 Å². The fourth-order valence-electron chi connectivity index (χ4n) is 2.56. The predicted molar refractivity (Wildman–Crippen MR) is 99.6 cm³/mol. The molecule has 2 N–H and O–H groups in total. The molecule has 3 rings (SSSR count). The van der Waals surface area contributed by atoms with E-state index < -0.39 is 5.91 Å². The summed E-state index contributed by atoms with van der Waals surface area (Å²) in [6.07, 6.45) is 1.45. The number of benzene rings is 2. The molecule has 0 aliphatic rings. The molecular weight excluding hydrogens is 332 g/mol. The molecule has 0 aliphatic carbocycles. The minimum atomic E-state index is -0.405. The van der Waals surface area contributed by atoms with E-state index in [4.69, 9.17) is 9.47 Å². The number of carbonyl (C=O) groups is 1. The first-order valence-corrected chi connectivity index (χ1v) is 8.28. The molecule has 0 unspecified atom stereocenters. The van der Waals surface area contributed by atoms with Gasteiger partial charge >= 0.3 is 0 Å². The number of fused-ring (bicyclic) bond motifs is 1. The molecule has 6 nitrogen and oxygen atoms in total. The zero-order valence-electron chi connectivity index (χ0n) is 14.5. The summed E-state index contributed by atoms with van der Waals surface area (Å²) in [6, 6.07) is 14.5. The zero-order valence-corrected chi connectivity index (χ0v) is 14.5. The van der Waals surface area contributed by atoms with E-state index in [0.717, 1.165) is 11.3 Å². The Morgan fingerprint density at radius 3 is 2.62 bits per heavy atom. The highest BCUT2D eigenvalue weighted by atomic mass is 16.5. The molecule has 1 amide bonds. The van der Waals surface area contributed by atoms with Gasteiger partial charge in [-0.1, -0.05) is 24.3 Å². The van der Waals surface area contributed by atoms with Gasteiger partial charge in [0, 0.05) is 30.8 Å². The van der Waals surface area contributed by atoms with Gasteiger partial charge in [-0.3, -0.25) is 9.59 Å². The van der Waals surface area contributed by atoms with E-state index in [0.29, 0.717) is 30.7 Å². The zero-order chi connectivity index (χ0) is 18.4. The number of hydrogen-bond acceptors (Lipinski definition) is 4. The standard InChI is InChI=1S/C20H20N2O4/c1-25-10-11-26-15-8-6-14(7-9-15)12-22-20(24)17-13-21-18-5-3-2-4-16(18)19(17)23/h2-9,13H,10-12H2,1H3,(H,21,23)(H,22,24). The van der Waals surface area contributed by atoms with Crippen LogP contribution in [-0.4, -0.2) is 31.2 Å². The third-order valence-corrected chi connectivity index (χ3v) is 3.97. The number of carbonyl (C=O) groups excluding carboxylic acids is 1. The molecule has 0 aliphatic heterocycles. The SMILES string of the molecule is COCCOc1ccc(CNC(=O)c2c[nH]c3ccccc3c2=O)cc1. The molecule has 0 spiro atoms. The van der Waals surface area contributed by atoms with Crippen molar-refractivity contribution >= 4 is 16.8 Å². The summed E-state index contributed by atoms with van der Waals surface area (Å²) in [5.74, 6) is 0.334. The van der Waals surface area contributed by atoms with Crippen molar-refractivity contribution in [3.8, 4) is 5.75 Å². The first kappa shape index (κ1) is 17.7. The molecule has 2 aromatic carbocycles. The van der Waals surface area contributed by atoms with E-state index in [2.05, 4.69) is 10.3 Å². The first-order valence-electron chi connectivity index (χ1n) is 8.28. The van der Waals surface area contributed by atoms with Gasteiger partial charge in [-0.05, 0) is 29.8 Å². The number of rotatable bonds is 7. The Morgan fingerprint density at radius 1 is 1.08 bits per heavy atom. The molecule has 26 heavy (non-hydrogen) atoms. The maximum Gasteiger partial charge on any atom is 0.257 e. The van der Waals surface area contributed by atoms with E-state index >= 15 is 0 Å². The van der Waals surface area contributed by atoms with Crippen LogP contribution in [0.1, 0.15) is 15.9 Å². The highest BCUT2D eigenvalue weighted by molar-refractivity contribution is 5.97. The molecule has 0 saturated heterocycles. The van der Waals surface area contributed by atoms with Crippen LogP contribution in [-0.2, 0) is 11.3 Å². The van der Waals surface area contributed by atoms with Gasteiger partial charge < -0.3 is 19.8 Å². The van der Waals surface area contributed by atoms with E-state index in [9.17, 15) is 9.59 Å². The number of para-hydroxylation sites is 1. The van der Waals surface area contributed by atoms with Crippen LogP contribution < -0.4 is 15.5 Å². The first-order chi connectivity index (χ1) is 12.7. The van der Waals surface area contributed by atoms with E-state index in [1.165, 1.54) is 6.20 Å². The van der Waals surface area contributed by atoms with Gasteiger partial charge in [0.25, 0.3) is 5.91 Å². The van der Waals surface area contributed by atoms with Crippen LogP contribution in [0.4, 0.5) is 0 Å². The lowest BCUT2D eigenvalue weighted by molar-refractivity contribution is 0.0949. The Bertz CT molecular complexity index is 948. The van der Waals surface area contributed by atoms with Crippen LogP contribution in [0.5, 0.6) is 5.75 Å². The lowest BCUT2D eigenvalue weighted by Gasteiger charge is -2.08. The van der Waals surface area contributed by atoms with Gasteiger partial charge in [0.15, 0.2) is 0 Å². The maximum absolute atomic E-state index is 12.4. The Labute approximate surface area is 150 Å². The van der Waals surface area contributed by atoms with E-state index in [1.54, 1.807) is 25.3 Å². The number of nitrogens with one attached hydrogen (secondary N) is 2. The molecule has 1 aromatic heterocycles. The largest absolute Gasteiger partial charge is 0.491 e. The third kappa shape index (κ3) is 4.10. The summed E-state index contributed by atoms with van der Waals surface area (Å²) in [7, 11) is 1.62. The summed E-state index contributed by atoms with van der Waals surface area (Å²) in [5.41, 5.74) is 1.44. The summed E-state index contributed by atoms with van der Waals surface area (Å²) in [6.45, 7) is 1.33. The van der Waals surface area contributed by atoms with Crippen LogP contribution in [0.2, 0.25) is 0 Å². The summed E-state index contributed by atoms with van der Waals surface area (Å²) < 4.78 is 10.4. The average molecular weight is 352 g/mol. The molecule has 134 valence electrons. The molecule has 3 aromatic rings. The number of aromatic nitrogens is 1. The van der Waals surface area contributed by atoms with Crippen LogP contribution >= 0.6 is 0 Å². The second kappa shape index (κ2) is 8.31. The van der Waals surface area contributed by atoms with Crippen LogP contribution in [0.15, 0.2) is 59.5 Å². The van der Waals surface area contributed by atoms with Crippen molar-refractivity contribution < 1.29 is 14.3 Å². The summed E-state index contributed by atoms with van der Waals surface area (Å²) >= 11 is 0. The number of aromatic amines is 1. The van der Waals surface area contributed by atoms with Crippen molar-refractivity contribution in [1.82, 2.24) is 10.3 Å². The molecule has 1 heterocycles. The topological polar surface area (TPSA) is 80.4 Å². The fraction of sp³-hybridized carbons (Fsp3) is 0.200. The van der Waals surface area contributed by atoms with Gasteiger partial charge in [0.1, 0.15) is 17.9 Å². The monoisotopic (exact) mass is 352 g/mol. The van der Waals surface area contributed by atoms with Gasteiger partial charge in [-0.2, -0.15) is 0 Å². The van der Waals surface area contributed by atoms with Crippen molar-refractivity contribution in [1.29, 1.82) is 0 Å². The fourth-order valence-corrected chi connectivity index (χ4v) is 2.56. The van der Waals surface area contributed by atoms with Crippen molar-refractivity contribution in [3.63, 3.8) is 0 Å². The molecule has 0 radical (unpaired) electrons. The predicted octanol–water partition coefficient (Wildman–Crippen LogP) is 2.48. The quantitative estimate of drug-likeness (QED) is 0.640. The minimum Gasteiger partial charge on any atom is -0.491 e. The number of pyridine rings is 1. The van der Waals surface area contributed by atoms with Gasteiger partial charge in [-0.15, -0.1) is 0 Å². The lowest BCUT2D eigenvalue weighted by Crippen LogP contribution is -2.28. The molecular formula is C20H20N2O4. The average Bonchev–Trinajstić information content (AvgIpc) is 2.68. The Hall–Kier alpha value is -3.12. The maximum atomic E-state index is 12.4. The normalized spacial score (nSPS) is 10.7. The molecule has 6 heteroatoms. The van der Waals surface area contributed by atoms with Crippen molar-refractivity contribution in [2.75, 3.05) is 20.3 Å². The number of amides is 1. The van der Waals surface area contributed by atoms with Crippen molar-refractivity contribution in [2.45, 2.75) is 6.54 Å².